The molecule has 4 fully saturated rings. The molecule has 1 N–H and O–H groups in total. The second kappa shape index (κ2) is 95.9. The van der Waals surface area contributed by atoms with Gasteiger partial charge in [0.2, 0.25) is 29.1 Å². The van der Waals surface area contributed by atoms with E-state index in [4.69, 9.17) is 171 Å². The zero-order valence-electron chi connectivity index (χ0n) is 46.8. The largest absolute Gasteiger partial charge is 0.444 e. The number of likely N-dealkylation sites (tertiary alicyclic amines) is 2. The Bertz CT molecular complexity index is 1550. The monoisotopic (exact) mass is 1480 g/mol. The smallest absolute Gasteiger partial charge is 0.410 e. The van der Waals surface area contributed by atoms with Gasteiger partial charge in [0.1, 0.15) is 11.2 Å². The van der Waals surface area contributed by atoms with Crippen LogP contribution in [0.2, 0.25) is 0 Å². The van der Waals surface area contributed by atoms with E-state index in [1.807, 2.05) is 20.8 Å². The average Bonchev–Trinajstić information content (AvgIpc) is 4.05. The fourth-order valence-electron chi connectivity index (χ4n) is 5.74. The van der Waals surface area contributed by atoms with Crippen LogP contribution in [0, 0.1) is 0 Å². The molecule has 2 amide bonds. The molecular formula is C34H69ClF33N5O11S3. The maximum absolute atomic E-state index is 12.0. The van der Waals surface area contributed by atoms with Gasteiger partial charge in [-0.15, -0.1) is 0 Å². The van der Waals surface area contributed by atoms with Crippen LogP contribution in [0.3, 0.4) is 0 Å². The molecule has 4 saturated heterocycles. The Hall–Kier alpha value is -3.79. The number of nitrogens with one attached hydrogen (secondary N) is 1. The maximum Gasteiger partial charge on any atom is 0.410 e. The average molecular weight is 1480 g/mol. The van der Waals surface area contributed by atoms with Crippen LogP contribution in [-0.2, 0) is 43.3 Å². The summed E-state index contributed by atoms with van der Waals surface area (Å²) in [4.78, 5) is 26.6. The van der Waals surface area contributed by atoms with Crippen LogP contribution in [0.5, 0.6) is 0 Å². The van der Waals surface area contributed by atoms with Crippen molar-refractivity contribution < 1.29 is 200 Å². The van der Waals surface area contributed by atoms with Gasteiger partial charge in [-0.1, -0.05) is 0 Å². The lowest BCUT2D eigenvalue weighted by atomic mass is 10.1. The maximum atomic E-state index is 12.0. The van der Waals surface area contributed by atoms with Gasteiger partial charge >= 0.3 is 12.2 Å². The molecule has 4 aliphatic heterocycles. The van der Waals surface area contributed by atoms with Crippen LogP contribution in [-0.4, -0.2) is 163 Å². The lowest BCUT2D eigenvalue weighted by Gasteiger charge is -2.34. The number of ether oxygens (including phenoxy) is 3. The number of piperidine rings is 3. The van der Waals surface area contributed by atoms with Gasteiger partial charge in [-0.3, -0.25) is 4.70 Å². The van der Waals surface area contributed by atoms with E-state index < -0.39 is 56.9 Å². The van der Waals surface area contributed by atoms with Crippen LogP contribution >= 0.6 is 10.7 Å². The molecule has 87 heavy (non-hydrogen) atoms. The van der Waals surface area contributed by atoms with Crippen LogP contribution < -0.4 is 5.32 Å². The Balaban J connectivity index is -0.0000000441. The topological polar surface area (TPSA) is 189 Å². The number of hydrogen-bond acceptors (Lipinski definition) is 12. The molecule has 0 radical (unpaired) electrons. The van der Waals surface area contributed by atoms with E-state index in [2.05, 4.69) is 12.2 Å². The highest BCUT2D eigenvalue weighted by atomic mass is 35.7. The van der Waals surface area contributed by atoms with Gasteiger partial charge in [0.15, 0.2) is 0 Å². The lowest BCUT2D eigenvalue weighted by molar-refractivity contribution is 0.0207. The van der Waals surface area contributed by atoms with Gasteiger partial charge in [0, 0.05) is 218 Å². The highest BCUT2D eigenvalue weighted by Crippen LogP contribution is 2.23. The minimum atomic E-state index is -3.52. The van der Waals surface area contributed by atoms with Crippen molar-refractivity contribution >= 4 is 52.0 Å². The molecule has 0 aromatic carbocycles. The Morgan fingerprint density at radius 2 is 0.655 bits per heavy atom. The van der Waals surface area contributed by atoms with Crippen LogP contribution in [0.1, 0.15) is 99.8 Å². The predicted molar refractivity (Wildman–Crippen MR) is 250 cm³/mol. The molecule has 1 unspecified atom stereocenters. The molecule has 0 saturated carbocycles. The SMILES string of the molecule is CC(C)(C)OC(=O)N1CCC(S(=O)(=O)Cl)CC1.CC1CCCO1.CN(C)S(=O)(=O)C1CCN(C(=O)OC(C)(C)C)CC1.CN(C)S(=O)(=O)C1CCNCC1.F.FF.FF.FF.FF.FF.FF.FF.FF.FF.FF.FF.FF.FF.FF.FF.FF. The summed E-state index contributed by atoms with van der Waals surface area (Å²) in [6, 6.07) is 0. The third-order valence-corrected chi connectivity index (χ3v) is 15.6. The van der Waals surface area contributed by atoms with E-state index in [0.29, 0.717) is 58.0 Å². The highest BCUT2D eigenvalue weighted by Gasteiger charge is 2.35. The Morgan fingerprint density at radius 3 is 0.816 bits per heavy atom. The van der Waals surface area contributed by atoms with Crippen molar-refractivity contribution in [3.05, 3.63) is 0 Å². The van der Waals surface area contributed by atoms with Gasteiger partial charge in [-0.25, -0.2) is 43.5 Å². The van der Waals surface area contributed by atoms with Gasteiger partial charge < -0.3 is 29.3 Å². The summed E-state index contributed by atoms with van der Waals surface area (Å²) in [5, 5.41) is 2.02. The second-order valence-corrected chi connectivity index (χ2v) is 24.0. The molecule has 16 nitrogen and oxygen atoms in total. The van der Waals surface area contributed by atoms with Crippen molar-refractivity contribution in [1.82, 2.24) is 23.7 Å². The lowest BCUT2D eigenvalue weighted by Crippen LogP contribution is -2.46. The minimum Gasteiger partial charge on any atom is -0.444 e. The summed E-state index contributed by atoms with van der Waals surface area (Å²) in [6.07, 6.45) is 5.43. The van der Waals surface area contributed by atoms with E-state index in [1.165, 1.54) is 40.4 Å². The predicted octanol–water partition coefficient (Wildman–Crippen LogP) is 17.6. The van der Waals surface area contributed by atoms with E-state index in [0.717, 1.165) is 32.5 Å². The quantitative estimate of drug-likeness (QED) is 0.203. The first-order chi connectivity index (χ1) is 40.6. The molecule has 552 valence electrons. The van der Waals surface area contributed by atoms with Crippen LogP contribution in [0.15, 0.2) is 0 Å². The van der Waals surface area contributed by atoms with Gasteiger partial charge in [0.05, 0.1) is 21.9 Å². The molecule has 0 aliphatic carbocycles. The first kappa shape index (κ1) is 128. The van der Waals surface area contributed by atoms with Crippen molar-refractivity contribution in [2.24, 2.45) is 0 Å². The third-order valence-electron chi connectivity index (χ3n) is 8.89. The van der Waals surface area contributed by atoms with Gasteiger partial charge in [-0.05, 0) is 113 Å². The van der Waals surface area contributed by atoms with Crippen molar-refractivity contribution in [3.8, 4) is 0 Å². The summed E-state index contributed by atoms with van der Waals surface area (Å²) < 4.78 is 344. The molecule has 4 heterocycles. The number of hydrogen-bond donors (Lipinski definition) is 1. The van der Waals surface area contributed by atoms with Crippen LogP contribution in [0.25, 0.3) is 0 Å². The normalized spacial score (nSPS) is 14.3. The number of carbonyl (C=O) groups is 2. The number of nitrogens with zero attached hydrogens (tertiary/aromatic N) is 4. The molecule has 0 bridgehead atoms. The second-order valence-electron chi connectivity index (χ2n) is 16.2. The zero-order chi connectivity index (χ0) is 73.7. The van der Waals surface area contributed by atoms with Crippen LogP contribution in [0.4, 0.5) is 161 Å². The Labute approximate surface area is 482 Å². The third kappa shape index (κ3) is 84.3. The molecular weight excluding hydrogens is 1410 g/mol. The molecule has 4 aliphatic rings. The number of rotatable bonds is 5. The molecule has 4 rings (SSSR count). The molecule has 0 spiro atoms. The van der Waals surface area contributed by atoms with Gasteiger partial charge in [0.25, 0.3) is 0 Å². The zero-order valence-corrected chi connectivity index (χ0v) is 50.0. The summed E-state index contributed by atoms with van der Waals surface area (Å²) in [5.41, 5.74) is -1.06. The fourth-order valence-corrected chi connectivity index (χ4v) is 9.88. The summed E-state index contributed by atoms with van der Waals surface area (Å²) in [6.45, 7) is 17.1. The van der Waals surface area contributed by atoms with E-state index in [-0.39, 0.29) is 16.0 Å². The number of amides is 2. The fraction of sp³-hybridized carbons (Fsp3) is 0.941. The summed E-state index contributed by atoms with van der Waals surface area (Å²) in [5.74, 6) is 0. The van der Waals surface area contributed by atoms with E-state index in [1.54, 1.807) is 39.8 Å². The van der Waals surface area contributed by atoms with Crippen molar-refractivity contribution in [1.29, 1.82) is 0 Å². The summed E-state index contributed by atoms with van der Waals surface area (Å²) in [7, 11) is 1.79. The van der Waals surface area contributed by atoms with Crippen molar-refractivity contribution in [2.75, 3.05) is 74.1 Å². The Kier molecular flexibility index (Phi) is 141. The molecule has 0 aromatic rings. The van der Waals surface area contributed by atoms with E-state index in [9.17, 15) is 34.8 Å². The standard InChI is InChI=1S/C12H24N2O4S.C10H18ClNO4S.C7H16N2O2S.C5H10O.16F2.FH/c1-12(2,3)18-11(15)14-8-6-10(7-9-14)19(16,17)13(4)5;1-10(2,3)16-9(13)12-6-4-8(5-7-12)17(11,14)15;1-9(2)12(10,11)7-3-5-8-6-4-7;1-5-3-2-4-6-5;16*1-2;/h10H,6-9H2,1-5H3;8H,4-7H2,1-3H3;7-8H,3-6H2,1-2H3;5H,2-4H2,1H3;;;;;;;;;;;;;;;;;1H. The summed E-state index contributed by atoms with van der Waals surface area (Å²) >= 11 is 0. The van der Waals surface area contributed by atoms with E-state index >= 15 is 0 Å². The van der Waals surface area contributed by atoms with Crippen molar-refractivity contribution in [3.63, 3.8) is 0 Å². The first-order valence-electron chi connectivity index (χ1n) is 20.9. The molecule has 1 atom stereocenters. The number of halogens is 34. The van der Waals surface area contributed by atoms with Gasteiger partial charge in [-0.2, -0.15) is 0 Å². The Morgan fingerprint density at radius 1 is 0.437 bits per heavy atom. The number of sulfonamides is 2. The molecule has 0 aromatic heterocycles. The number of carbonyl (C=O) groups excluding carboxylic acids is 2. The molecule has 53 heteroatoms. The highest BCUT2D eigenvalue weighted by molar-refractivity contribution is 8.14. The first-order valence-corrected chi connectivity index (χ1v) is 26.3. The minimum absolute atomic E-state index is 0. The van der Waals surface area contributed by atoms with Crippen molar-refractivity contribution in [2.45, 2.75) is 133 Å².